The van der Waals surface area contributed by atoms with Gasteiger partial charge in [0, 0.05) is 0 Å². The number of hydrogen-bond acceptors (Lipinski definition) is 4. The van der Waals surface area contributed by atoms with Gasteiger partial charge in [0.05, 0.1) is 4.88 Å². The summed E-state index contributed by atoms with van der Waals surface area (Å²) < 4.78 is 0. The van der Waals surface area contributed by atoms with E-state index in [4.69, 9.17) is 5.11 Å². The molecule has 0 spiro atoms. The fourth-order valence-electron chi connectivity index (χ4n) is 0.647. The molecule has 0 amide bonds. The van der Waals surface area contributed by atoms with Gasteiger partial charge in [-0.15, -0.1) is 23.1 Å². The van der Waals surface area contributed by atoms with Gasteiger partial charge >= 0.3 is 0 Å². The summed E-state index contributed by atoms with van der Waals surface area (Å²) in [4.78, 5) is 11.8. The molecule has 1 aromatic heterocycles. The van der Waals surface area contributed by atoms with Crippen molar-refractivity contribution in [3.8, 4) is 0 Å². The molecular weight excluding hydrogens is 180 g/mol. The van der Waals surface area contributed by atoms with E-state index in [1.165, 1.54) is 11.3 Å². The third-order valence-electron chi connectivity index (χ3n) is 1.21. The Hall–Kier alpha value is -0.320. The minimum absolute atomic E-state index is 0.201. The van der Waals surface area contributed by atoms with Crippen LogP contribution in [0.5, 0.6) is 0 Å². The summed E-state index contributed by atoms with van der Waals surface area (Å²) in [5, 5.41) is 10.9. The largest absolute Gasteiger partial charge is 0.374 e. The van der Waals surface area contributed by atoms with Gasteiger partial charge in [-0.3, -0.25) is 4.79 Å². The minimum Gasteiger partial charge on any atom is -0.374 e. The van der Waals surface area contributed by atoms with Crippen molar-refractivity contribution in [3.63, 3.8) is 0 Å². The molecule has 1 aromatic rings. The quantitative estimate of drug-likeness (QED) is 0.578. The van der Waals surface area contributed by atoms with Gasteiger partial charge in [-0.1, -0.05) is 6.07 Å². The molecule has 2 nitrogen and oxygen atoms in total. The van der Waals surface area contributed by atoms with Gasteiger partial charge in [0.2, 0.25) is 5.78 Å². The number of thioether (sulfide) groups is 1. The normalized spacial score (nSPS) is 12.9. The first-order chi connectivity index (χ1) is 5.25. The Morgan fingerprint density at radius 2 is 2.55 bits per heavy atom. The van der Waals surface area contributed by atoms with Crippen LogP contribution in [-0.4, -0.2) is 22.6 Å². The second kappa shape index (κ2) is 3.90. The second-order valence-electron chi connectivity index (χ2n) is 1.93. The molecule has 4 heteroatoms. The smallest absolute Gasteiger partial charge is 0.211 e. The Morgan fingerprint density at radius 3 is 3.00 bits per heavy atom. The molecule has 60 valence electrons. The van der Waals surface area contributed by atoms with Crippen LogP contribution in [0.15, 0.2) is 17.5 Å². The lowest BCUT2D eigenvalue weighted by molar-refractivity contribution is 0.0873. The van der Waals surface area contributed by atoms with Gasteiger partial charge in [-0.05, 0) is 17.7 Å². The lowest BCUT2D eigenvalue weighted by Crippen LogP contribution is -2.14. The highest BCUT2D eigenvalue weighted by atomic mass is 32.2. The highest BCUT2D eigenvalue weighted by Gasteiger charge is 2.15. The van der Waals surface area contributed by atoms with Crippen LogP contribution in [0.4, 0.5) is 0 Å². The molecule has 0 radical (unpaired) electrons. The number of aliphatic hydroxyl groups is 1. The fraction of sp³-hybridized carbons (Fsp3) is 0.286. The predicted molar refractivity (Wildman–Crippen MR) is 48.2 cm³/mol. The van der Waals surface area contributed by atoms with E-state index in [9.17, 15) is 4.79 Å². The van der Waals surface area contributed by atoms with Crippen LogP contribution in [0.25, 0.3) is 0 Å². The summed E-state index contributed by atoms with van der Waals surface area (Å²) in [6, 6.07) is 3.51. The summed E-state index contributed by atoms with van der Waals surface area (Å²) in [7, 11) is 0. The summed E-state index contributed by atoms with van der Waals surface area (Å²) >= 11 is 2.50. The molecule has 0 aliphatic rings. The van der Waals surface area contributed by atoms with Crippen molar-refractivity contribution in [2.75, 3.05) is 6.26 Å². The van der Waals surface area contributed by atoms with Crippen LogP contribution in [0.1, 0.15) is 9.67 Å². The number of carbonyl (C=O) groups is 1. The third-order valence-corrected chi connectivity index (χ3v) is 2.76. The first-order valence-electron chi connectivity index (χ1n) is 3.04. The van der Waals surface area contributed by atoms with Gasteiger partial charge in [0.15, 0.2) is 5.44 Å². The molecular formula is C7H8O2S2. The van der Waals surface area contributed by atoms with E-state index in [1.54, 1.807) is 18.4 Å². The molecule has 0 fully saturated rings. The fourth-order valence-corrected chi connectivity index (χ4v) is 1.75. The lowest BCUT2D eigenvalue weighted by atomic mass is 10.3. The Morgan fingerprint density at radius 1 is 1.82 bits per heavy atom. The van der Waals surface area contributed by atoms with Gasteiger partial charge < -0.3 is 5.11 Å². The molecule has 0 aromatic carbocycles. The number of carbonyl (C=O) groups excluding carboxylic acids is 1. The molecule has 1 rings (SSSR count). The number of rotatable bonds is 3. The zero-order valence-electron chi connectivity index (χ0n) is 5.98. The van der Waals surface area contributed by atoms with E-state index in [2.05, 4.69) is 0 Å². The molecule has 0 bridgehead atoms. The first kappa shape index (κ1) is 8.77. The van der Waals surface area contributed by atoms with Crippen molar-refractivity contribution in [2.24, 2.45) is 0 Å². The lowest BCUT2D eigenvalue weighted by Gasteiger charge is -2.02. The standard InChI is InChI=1S/C7H8O2S2/c1-10-7(9)6(8)5-3-2-4-11-5/h2-4,7,9H,1H3. The third kappa shape index (κ3) is 2.05. The highest BCUT2D eigenvalue weighted by molar-refractivity contribution is 7.99. The van der Waals surface area contributed by atoms with Crippen LogP contribution in [0, 0.1) is 0 Å². The van der Waals surface area contributed by atoms with Gasteiger partial charge in [0.25, 0.3) is 0 Å². The number of thiophene rings is 1. The Balaban J connectivity index is 2.70. The maximum Gasteiger partial charge on any atom is 0.211 e. The monoisotopic (exact) mass is 188 g/mol. The van der Waals surface area contributed by atoms with Crippen LogP contribution < -0.4 is 0 Å². The molecule has 0 saturated carbocycles. The number of hydrogen-bond donors (Lipinski definition) is 1. The van der Waals surface area contributed by atoms with Crippen molar-refractivity contribution in [2.45, 2.75) is 5.44 Å². The van der Waals surface area contributed by atoms with E-state index in [1.807, 2.05) is 5.38 Å². The zero-order chi connectivity index (χ0) is 8.27. The average Bonchev–Trinajstić information content (AvgIpc) is 2.53. The van der Waals surface area contributed by atoms with Crippen LogP contribution >= 0.6 is 23.1 Å². The van der Waals surface area contributed by atoms with Crippen molar-refractivity contribution < 1.29 is 9.90 Å². The highest BCUT2D eigenvalue weighted by Crippen LogP contribution is 2.15. The molecule has 1 heterocycles. The summed E-state index contributed by atoms with van der Waals surface area (Å²) in [6.07, 6.45) is 1.70. The molecule has 0 aliphatic heterocycles. The SMILES string of the molecule is CSC(O)C(=O)c1cccs1. The Bertz CT molecular complexity index is 231. The van der Waals surface area contributed by atoms with Gasteiger partial charge in [-0.25, -0.2) is 0 Å². The average molecular weight is 188 g/mol. The molecule has 1 atom stereocenters. The first-order valence-corrected chi connectivity index (χ1v) is 5.21. The van der Waals surface area contributed by atoms with Crippen molar-refractivity contribution >= 4 is 28.9 Å². The Labute approximate surface area is 73.2 Å². The summed E-state index contributed by atoms with van der Waals surface area (Å²) in [5.41, 5.74) is -0.909. The molecule has 11 heavy (non-hydrogen) atoms. The molecule has 0 saturated heterocycles. The topological polar surface area (TPSA) is 37.3 Å². The van der Waals surface area contributed by atoms with E-state index < -0.39 is 5.44 Å². The molecule has 1 unspecified atom stereocenters. The molecule has 0 aliphatic carbocycles. The van der Waals surface area contributed by atoms with Crippen LogP contribution in [0.2, 0.25) is 0 Å². The number of aliphatic hydroxyl groups excluding tert-OH is 1. The van der Waals surface area contributed by atoms with Crippen LogP contribution in [-0.2, 0) is 0 Å². The zero-order valence-corrected chi connectivity index (χ0v) is 7.61. The second-order valence-corrected chi connectivity index (χ2v) is 3.80. The molecule has 1 N–H and O–H groups in total. The predicted octanol–water partition coefficient (Wildman–Crippen LogP) is 1.61. The maximum absolute atomic E-state index is 11.2. The van der Waals surface area contributed by atoms with E-state index >= 15 is 0 Å². The summed E-state index contributed by atoms with van der Waals surface area (Å²) in [5.74, 6) is -0.201. The Kier molecular flexibility index (Phi) is 3.11. The van der Waals surface area contributed by atoms with Gasteiger partial charge in [0.1, 0.15) is 0 Å². The summed E-state index contributed by atoms with van der Waals surface area (Å²) in [6.45, 7) is 0. The van der Waals surface area contributed by atoms with Crippen molar-refractivity contribution in [1.82, 2.24) is 0 Å². The number of Topliss-reactive ketones (excluding diaryl/α,β-unsaturated/α-hetero) is 1. The van der Waals surface area contributed by atoms with E-state index in [-0.39, 0.29) is 5.78 Å². The van der Waals surface area contributed by atoms with Crippen LogP contribution in [0.3, 0.4) is 0 Å². The van der Waals surface area contributed by atoms with Crippen molar-refractivity contribution in [1.29, 1.82) is 0 Å². The maximum atomic E-state index is 11.2. The van der Waals surface area contributed by atoms with Gasteiger partial charge in [-0.2, -0.15) is 0 Å². The van der Waals surface area contributed by atoms with E-state index in [0.717, 1.165) is 11.8 Å². The van der Waals surface area contributed by atoms with E-state index in [0.29, 0.717) is 4.88 Å². The minimum atomic E-state index is -0.909. The van der Waals surface area contributed by atoms with Crippen molar-refractivity contribution in [3.05, 3.63) is 22.4 Å². The number of ketones is 1.